The summed E-state index contributed by atoms with van der Waals surface area (Å²) in [4.78, 5) is 23.3. The van der Waals surface area contributed by atoms with E-state index in [4.69, 9.17) is 28.3 Å². The summed E-state index contributed by atoms with van der Waals surface area (Å²) < 4.78 is 15.5. The molecule has 1 atom stereocenters. The number of nitrogens with zero attached hydrogens (tertiary/aromatic N) is 3. The minimum atomic E-state index is -3.15. The number of anilines is 1. The first-order chi connectivity index (χ1) is 11.6. The monoisotopic (exact) mass is 402 g/mol. The van der Waals surface area contributed by atoms with Gasteiger partial charge >= 0.3 is 6.09 Å². The first-order valence-corrected chi connectivity index (χ1v) is 9.34. The maximum atomic E-state index is 12.4. The van der Waals surface area contributed by atoms with Crippen LogP contribution in [-0.4, -0.2) is 37.8 Å². The predicted octanol–water partition coefficient (Wildman–Crippen LogP) is 3.48. The van der Waals surface area contributed by atoms with Crippen LogP contribution < -0.4 is 5.32 Å². The molecule has 2 N–H and O–H groups in total. The fraction of sp³-hybridized carbons (Fsp3) is 0.143. The topological polar surface area (TPSA) is 122 Å². The minimum Gasteiger partial charge on any atom is -0.463 e. The molecule has 1 aromatic heterocycles. The van der Waals surface area contributed by atoms with E-state index in [9.17, 15) is 13.8 Å². The van der Waals surface area contributed by atoms with E-state index in [1.807, 2.05) is 0 Å². The van der Waals surface area contributed by atoms with Crippen LogP contribution in [0.15, 0.2) is 33.5 Å². The van der Waals surface area contributed by atoms with Gasteiger partial charge in [-0.2, -0.15) is 0 Å². The summed E-state index contributed by atoms with van der Waals surface area (Å²) in [5.41, 5.74) is 0.691. The van der Waals surface area contributed by atoms with Crippen molar-refractivity contribution in [1.82, 2.24) is 10.2 Å². The van der Waals surface area contributed by atoms with Crippen LogP contribution in [-0.2, 0) is 9.73 Å². The summed E-state index contributed by atoms with van der Waals surface area (Å²) in [5, 5.41) is 18.4. The Morgan fingerprint density at radius 2 is 1.88 bits per heavy atom. The molecule has 0 saturated heterocycles. The van der Waals surface area contributed by atoms with Crippen molar-refractivity contribution in [3.05, 3.63) is 45.7 Å². The lowest BCUT2D eigenvalue weighted by molar-refractivity contribution is 0.102. The number of benzene rings is 1. The zero-order valence-electron chi connectivity index (χ0n) is 13.0. The van der Waals surface area contributed by atoms with Gasteiger partial charge in [-0.05, 0) is 25.1 Å². The van der Waals surface area contributed by atoms with Gasteiger partial charge in [0.2, 0.25) is 0 Å². The molecule has 0 aliphatic heterocycles. The Labute approximate surface area is 153 Å². The van der Waals surface area contributed by atoms with Crippen LogP contribution in [0.2, 0.25) is 10.3 Å². The van der Waals surface area contributed by atoms with Crippen molar-refractivity contribution in [3.63, 3.8) is 0 Å². The average Bonchev–Trinajstić information content (AvgIpc) is 2.50. The first kappa shape index (κ1) is 19.1. The van der Waals surface area contributed by atoms with Crippen molar-refractivity contribution in [1.29, 1.82) is 0 Å². The molecule has 1 aromatic carbocycles. The third-order valence-electron chi connectivity index (χ3n) is 3.12. The van der Waals surface area contributed by atoms with Crippen LogP contribution in [0, 0.1) is 6.92 Å². The van der Waals surface area contributed by atoms with Gasteiger partial charge in [-0.15, -0.1) is 14.6 Å². The number of carboxylic acid groups (broad SMARTS) is 1. The van der Waals surface area contributed by atoms with E-state index in [2.05, 4.69) is 19.9 Å². The Bertz CT molecular complexity index is 987. The summed E-state index contributed by atoms with van der Waals surface area (Å²) >= 11 is 11.8. The van der Waals surface area contributed by atoms with Gasteiger partial charge < -0.3 is 10.4 Å². The average molecular weight is 403 g/mol. The molecule has 2 amide bonds. The lowest BCUT2D eigenvalue weighted by atomic mass is 10.1. The van der Waals surface area contributed by atoms with E-state index >= 15 is 0 Å². The number of halogens is 2. The lowest BCUT2D eigenvalue weighted by Gasteiger charge is -2.10. The standard InChI is InChI=1S/C14H12Cl2N4O4S/c1-7-10(12(16)19-18-11(7)15)13(21)17-8-4-3-5-9(6-8)25(2,24)20-14(22)23/h3-6H,1-2H3,(H,17,21)(H,22,23). The molecule has 0 radical (unpaired) electrons. The van der Waals surface area contributed by atoms with E-state index in [0.717, 1.165) is 0 Å². The van der Waals surface area contributed by atoms with Gasteiger partial charge in [0.1, 0.15) is 0 Å². The number of nitrogens with one attached hydrogen (secondary N) is 1. The molecule has 8 nitrogen and oxygen atoms in total. The molecule has 25 heavy (non-hydrogen) atoms. The zero-order chi connectivity index (χ0) is 18.8. The summed E-state index contributed by atoms with van der Waals surface area (Å²) in [6, 6.07) is 5.87. The van der Waals surface area contributed by atoms with E-state index in [1.54, 1.807) is 6.92 Å². The Morgan fingerprint density at radius 1 is 1.24 bits per heavy atom. The highest BCUT2D eigenvalue weighted by atomic mass is 35.5. The number of rotatable bonds is 3. The molecule has 11 heteroatoms. The van der Waals surface area contributed by atoms with Crippen LogP contribution in [0.25, 0.3) is 0 Å². The number of aromatic nitrogens is 2. The van der Waals surface area contributed by atoms with E-state index in [0.29, 0.717) is 5.56 Å². The largest absolute Gasteiger partial charge is 0.463 e. The number of carbonyl (C=O) groups excluding carboxylic acids is 1. The zero-order valence-corrected chi connectivity index (χ0v) is 15.3. The fourth-order valence-electron chi connectivity index (χ4n) is 1.94. The Kier molecular flexibility index (Phi) is 5.61. The van der Waals surface area contributed by atoms with Gasteiger partial charge in [-0.1, -0.05) is 29.3 Å². The predicted molar refractivity (Wildman–Crippen MR) is 94.0 cm³/mol. The first-order valence-electron chi connectivity index (χ1n) is 6.66. The van der Waals surface area contributed by atoms with E-state index < -0.39 is 21.7 Å². The lowest BCUT2D eigenvalue weighted by Crippen LogP contribution is -2.16. The summed E-state index contributed by atoms with van der Waals surface area (Å²) in [6.07, 6.45) is -0.350. The highest BCUT2D eigenvalue weighted by Gasteiger charge is 2.19. The molecular weight excluding hydrogens is 391 g/mol. The van der Waals surface area contributed by atoms with Gasteiger partial charge in [-0.3, -0.25) is 4.79 Å². The summed E-state index contributed by atoms with van der Waals surface area (Å²) in [7, 11) is -3.15. The second-order valence-electron chi connectivity index (χ2n) is 4.94. The second-order valence-corrected chi connectivity index (χ2v) is 7.92. The Morgan fingerprint density at radius 3 is 2.52 bits per heavy atom. The number of hydrogen-bond donors (Lipinski definition) is 2. The minimum absolute atomic E-state index is 0.0418. The van der Waals surface area contributed by atoms with Gasteiger partial charge in [0, 0.05) is 22.4 Å². The molecule has 0 saturated carbocycles. The molecule has 0 spiro atoms. The quantitative estimate of drug-likeness (QED) is 0.809. The van der Waals surface area contributed by atoms with Gasteiger partial charge in [0.25, 0.3) is 5.91 Å². The van der Waals surface area contributed by atoms with Crippen LogP contribution in [0.4, 0.5) is 10.5 Å². The SMILES string of the molecule is Cc1c(Cl)nnc(Cl)c1C(=O)Nc1cccc(S(C)(=O)=NC(=O)O)c1. The van der Waals surface area contributed by atoms with Crippen molar-refractivity contribution >= 4 is 50.6 Å². The van der Waals surface area contributed by atoms with Gasteiger partial charge in [0.05, 0.1) is 15.3 Å². The van der Waals surface area contributed by atoms with Crippen LogP contribution in [0.3, 0.4) is 0 Å². The van der Waals surface area contributed by atoms with Crippen molar-refractivity contribution in [2.75, 3.05) is 11.6 Å². The second kappa shape index (κ2) is 7.34. The molecule has 0 aliphatic carbocycles. The Hall–Kier alpha value is -2.23. The maximum Gasteiger partial charge on any atom is 0.439 e. The molecule has 1 unspecified atom stereocenters. The summed E-state index contributed by atoms with van der Waals surface area (Å²) in [5.74, 6) is -0.589. The third kappa shape index (κ3) is 4.44. The van der Waals surface area contributed by atoms with E-state index in [1.165, 1.54) is 30.5 Å². The van der Waals surface area contributed by atoms with Gasteiger partial charge in [0.15, 0.2) is 10.3 Å². The molecule has 2 aromatic rings. The Balaban J connectivity index is 2.39. The highest BCUT2D eigenvalue weighted by molar-refractivity contribution is 7.93. The smallest absolute Gasteiger partial charge is 0.439 e. The van der Waals surface area contributed by atoms with Crippen LogP contribution >= 0.6 is 23.2 Å². The van der Waals surface area contributed by atoms with Crippen molar-refractivity contribution in [2.24, 2.45) is 4.36 Å². The van der Waals surface area contributed by atoms with E-state index in [-0.39, 0.29) is 26.5 Å². The highest BCUT2D eigenvalue weighted by Crippen LogP contribution is 2.24. The number of hydrogen-bond acceptors (Lipinski definition) is 5. The maximum absolute atomic E-state index is 12.4. The van der Waals surface area contributed by atoms with Crippen molar-refractivity contribution in [2.45, 2.75) is 11.8 Å². The van der Waals surface area contributed by atoms with Crippen LogP contribution in [0.1, 0.15) is 15.9 Å². The molecule has 0 aliphatic rings. The number of amides is 2. The summed E-state index contributed by atoms with van der Waals surface area (Å²) in [6.45, 7) is 1.57. The molecule has 0 bridgehead atoms. The molecule has 2 rings (SSSR count). The van der Waals surface area contributed by atoms with Gasteiger partial charge in [-0.25, -0.2) is 9.00 Å². The van der Waals surface area contributed by atoms with Crippen LogP contribution in [0.5, 0.6) is 0 Å². The molecule has 1 heterocycles. The molecule has 0 fully saturated rings. The fourth-order valence-corrected chi connectivity index (χ4v) is 3.42. The third-order valence-corrected chi connectivity index (χ3v) is 5.38. The van der Waals surface area contributed by atoms with Crippen molar-refractivity contribution in [3.8, 4) is 0 Å². The van der Waals surface area contributed by atoms with Crippen molar-refractivity contribution < 1.29 is 18.9 Å². The molecule has 132 valence electrons. The molecular formula is C14H12Cl2N4O4S. The normalized spacial score (nSPS) is 13.0. The number of carbonyl (C=O) groups is 2.